The van der Waals surface area contributed by atoms with Crippen molar-refractivity contribution < 1.29 is 0 Å². The average molecular weight is 267 g/mol. The smallest absolute Gasteiger partial charge is 0.128 e. The topological polar surface area (TPSA) is 24.9 Å². The molecule has 0 radical (unpaired) electrons. The van der Waals surface area contributed by atoms with E-state index in [-0.39, 0.29) is 0 Å². The summed E-state index contributed by atoms with van der Waals surface area (Å²) < 4.78 is 1.01. The number of aryl methyl sites for hydroxylation is 1. The van der Waals surface area contributed by atoms with Crippen molar-refractivity contribution in [3.63, 3.8) is 0 Å². The van der Waals surface area contributed by atoms with E-state index >= 15 is 0 Å². The average Bonchev–Trinajstić information content (AvgIpc) is 2.20. The lowest BCUT2D eigenvalue weighted by Crippen LogP contribution is -2.04. The van der Waals surface area contributed by atoms with E-state index in [1.165, 1.54) is 0 Å². The van der Waals surface area contributed by atoms with Crippen molar-refractivity contribution in [1.29, 1.82) is 0 Å². The van der Waals surface area contributed by atoms with E-state index < -0.39 is 0 Å². The Kier molecular flexibility index (Phi) is 5.20. The predicted octanol–water partition coefficient (Wildman–Crippen LogP) is 3.37. The molecule has 0 saturated carbocycles. The molecule has 1 rings (SSSR count). The molecule has 0 spiro atoms. The Bertz CT molecular complexity index is 355. The molecule has 0 fully saturated rings. The molecule has 1 N–H and O–H groups in total. The fourth-order valence-electron chi connectivity index (χ4n) is 1.28. The first-order valence-corrected chi connectivity index (χ1v) is 5.83. The quantitative estimate of drug-likeness (QED) is 0.653. The number of terminal acetylenes is 1. The summed E-state index contributed by atoms with van der Waals surface area (Å²) in [5.41, 5.74) is 1.15. The second-order valence-electron chi connectivity index (χ2n) is 3.41. The summed E-state index contributed by atoms with van der Waals surface area (Å²) in [6.45, 7) is 2.97. The van der Waals surface area contributed by atoms with Gasteiger partial charge in [-0.3, -0.25) is 0 Å². The second kappa shape index (κ2) is 6.47. The number of anilines is 1. The highest BCUT2D eigenvalue weighted by Gasteiger charge is 1.98. The molecule has 1 aromatic rings. The minimum Gasteiger partial charge on any atom is -0.370 e. The van der Waals surface area contributed by atoms with E-state index in [1.54, 1.807) is 6.20 Å². The Labute approximate surface area is 99.6 Å². The van der Waals surface area contributed by atoms with E-state index in [1.807, 2.05) is 6.92 Å². The van der Waals surface area contributed by atoms with Gasteiger partial charge in [-0.05, 0) is 47.3 Å². The standard InChI is InChI=1S/C12H15BrN2/c1-3-4-5-6-7-14-12-10(2)8-11(13)9-15-12/h1,8-9H,4-7H2,2H3,(H,14,15). The highest BCUT2D eigenvalue weighted by molar-refractivity contribution is 9.10. The number of nitrogens with one attached hydrogen (secondary N) is 1. The summed E-state index contributed by atoms with van der Waals surface area (Å²) in [7, 11) is 0. The highest BCUT2D eigenvalue weighted by atomic mass is 79.9. The van der Waals surface area contributed by atoms with Crippen LogP contribution in [0.2, 0.25) is 0 Å². The van der Waals surface area contributed by atoms with Crippen LogP contribution >= 0.6 is 15.9 Å². The Morgan fingerprint density at radius 2 is 2.33 bits per heavy atom. The van der Waals surface area contributed by atoms with Crippen LogP contribution in [0.4, 0.5) is 5.82 Å². The van der Waals surface area contributed by atoms with Crippen LogP contribution < -0.4 is 5.32 Å². The summed E-state index contributed by atoms with van der Waals surface area (Å²) >= 11 is 3.39. The van der Waals surface area contributed by atoms with Crippen molar-refractivity contribution >= 4 is 21.7 Å². The molecule has 0 aliphatic carbocycles. The first kappa shape index (κ1) is 12.1. The van der Waals surface area contributed by atoms with Gasteiger partial charge in [-0.25, -0.2) is 4.98 Å². The Morgan fingerprint density at radius 1 is 1.53 bits per heavy atom. The molecule has 80 valence electrons. The van der Waals surface area contributed by atoms with E-state index in [2.05, 4.69) is 38.2 Å². The maximum atomic E-state index is 5.17. The molecule has 15 heavy (non-hydrogen) atoms. The van der Waals surface area contributed by atoms with Crippen molar-refractivity contribution in [1.82, 2.24) is 4.98 Å². The fourth-order valence-corrected chi connectivity index (χ4v) is 1.73. The molecule has 0 atom stereocenters. The third-order valence-corrected chi connectivity index (χ3v) is 2.52. The highest BCUT2D eigenvalue weighted by Crippen LogP contribution is 2.16. The van der Waals surface area contributed by atoms with Gasteiger partial charge in [0.05, 0.1) is 0 Å². The minimum absolute atomic E-state index is 0.856. The Morgan fingerprint density at radius 3 is 3.00 bits per heavy atom. The van der Waals surface area contributed by atoms with Crippen molar-refractivity contribution in [2.24, 2.45) is 0 Å². The maximum Gasteiger partial charge on any atom is 0.128 e. The van der Waals surface area contributed by atoms with Gasteiger partial charge in [0.2, 0.25) is 0 Å². The zero-order chi connectivity index (χ0) is 11.1. The summed E-state index contributed by atoms with van der Waals surface area (Å²) in [6, 6.07) is 2.05. The van der Waals surface area contributed by atoms with E-state index in [0.29, 0.717) is 0 Å². The van der Waals surface area contributed by atoms with Gasteiger partial charge in [-0.1, -0.05) is 0 Å². The lowest BCUT2D eigenvalue weighted by atomic mass is 10.2. The number of rotatable bonds is 5. The molecule has 0 unspecified atom stereocenters. The van der Waals surface area contributed by atoms with Crippen LogP contribution in [0.3, 0.4) is 0 Å². The summed E-state index contributed by atoms with van der Waals surface area (Å²) in [4.78, 5) is 4.30. The molecular weight excluding hydrogens is 252 g/mol. The van der Waals surface area contributed by atoms with Crippen LogP contribution in [0.5, 0.6) is 0 Å². The molecular formula is C12H15BrN2. The van der Waals surface area contributed by atoms with Crippen LogP contribution in [0.1, 0.15) is 24.8 Å². The fraction of sp³-hybridized carbons (Fsp3) is 0.417. The number of pyridine rings is 1. The SMILES string of the molecule is C#CCCCCNc1ncc(Br)cc1C. The molecule has 0 aliphatic heterocycles. The first-order valence-electron chi connectivity index (χ1n) is 5.03. The van der Waals surface area contributed by atoms with Gasteiger partial charge in [0, 0.05) is 23.6 Å². The molecule has 1 heterocycles. The van der Waals surface area contributed by atoms with Crippen LogP contribution in [-0.2, 0) is 0 Å². The normalized spacial score (nSPS) is 9.67. The van der Waals surface area contributed by atoms with Crippen molar-refractivity contribution in [2.75, 3.05) is 11.9 Å². The van der Waals surface area contributed by atoms with Gasteiger partial charge in [0.15, 0.2) is 0 Å². The van der Waals surface area contributed by atoms with Gasteiger partial charge in [-0.15, -0.1) is 12.3 Å². The molecule has 2 nitrogen and oxygen atoms in total. The maximum absolute atomic E-state index is 5.17. The van der Waals surface area contributed by atoms with Crippen LogP contribution in [0, 0.1) is 19.3 Å². The zero-order valence-corrected chi connectivity index (χ0v) is 10.5. The molecule has 0 saturated heterocycles. The lowest BCUT2D eigenvalue weighted by Gasteiger charge is -2.07. The van der Waals surface area contributed by atoms with Crippen LogP contribution in [0.25, 0.3) is 0 Å². The van der Waals surface area contributed by atoms with E-state index in [0.717, 1.165) is 41.7 Å². The summed E-state index contributed by atoms with van der Waals surface area (Å²) in [6.07, 6.45) is 9.99. The molecule has 3 heteroatoms. The summed E-state index contributed by atoms with van der Waals surface area (Å²) in [5, 5.41) is 3.30. The summed E-state index contributed by atoms with van der Waals surface area (Å²) in [5.74, 6) is 3.59. The van der Waals surface area contributed by atoms with Crippen molar-refractivity contribution in [3.05, 3.63) is 22.3 Å². The largest absolute Gasteiger partial charge is 0.370 e. The number of halogens is 1. The predicted molar refractivity (Wildman–Crippen MR) is 67.8 cm³/mol. The third-order valence-electron chi connectivity index (χ3n) is 2.09. The lowest BCUT2D eigenvalue weighted by molar-refractivity contribution is 0.787. The number of unbranched alkanes of at least 4 members (excludes halogenated alkanes) is 2. The van der Waals surface area contributed by atoms with Crippen molar-refractivity contribution in [3.8, 4) is 12.3 Å². The van der Waals surface area contributed by atoms with Gasteiger partial charge < -0.3 is 5.32 Å². The second-order valence-corrected chi connectivity index (χ2v) is 4.32. The molecule has 0 aromatic carbocycles. The Balaban J connectivity index is 2.35. The molecule has 1 aromatic heterocycles. The number of hydrogen-bond donors (Lipinski definition) is 1. The monoisotopic (exact) mass is 266 g/mol. The Hall–Kier alpha value is -1.01. The molecule has 0 aliphatic rings. The number of aromatic nitrogens is 1. The first-order chi connectivity index (χ1) is 7.24. The van der Waals surface area contributed by atoms with Crippen LogP contribution in [-0.4, -0.2) is 11.5 Å². The number of nitrogens with zero attached hydrogens (tertiary/aromatic N) is 1. The van der Waals surface area contributed by atoms with E-state index in [9.17, 15) is 0 Å². The molecule has 0 amide bonds. The third kappa shape index (κ3) is 4.35. The van der Waals surface area contributed by atoms with Gasteiger partial charge >= 0.3 is 0 Å². The van der Waals surface area contributed by atoms with Gasteiger partial charge in [0.1, 0.15) is 5.82 Å². The van der Waals surface area contributed by atoms with Crippen LogP contribution in [0.15, 0.2) is 16.7 Å². The van der Waals surface area contributed by atoms with Gasteiger partial charge in [0.25, 0.3) is 0 Å². The van der Waals surface area contributed by atoms with Crippen molar-refractivity contribution in [2.45, 2.75) is 26.2 Å². The minimum atomic E-state index is 0.856. The zero-order valence-electron chi connectivity index (χ0n) is 8.89. The van der Waals surface area contributed by atoms with E-state index in [4.69, 9.17) is 6.42 Å². The number of hydrogen-bond acceptors (Lipinski definition) is 2. The van der Waals surface area contributed by atoms with Gasteiger partial charge in [-0.2, -0.15) is 0 Å². The molecule has 0 bridgehead atoms.